The first-order valence-electron chi connectivity index (χ1n) is 10.4. The van der Waals surface area contributed by atoms with Crippen LogP contribution in [0.1, 0.15) is 18.6 Å². The summed E-state index contributed by atoms with van der Waals surface area (Å²) in [6.45, 7) is 5.19. The van der Waals surface area contributed by atoms with Crippen LogP contribution in [-0.2, 0) is 11.2 Å². The minimum atomic E-state index is 0. The summed E-state index contributed by atoms with van der Waals surface area (Å²) in [6.07, 6.45) is 4.71. The average molecular weight is 545 g/mol. The van der Waals surface area contributed by atoms with E-state index in [-0.39, 0.29) is 24.0 Å². The van der Waals surface area contributed by atoms with Crippen molar-refractivity contribution in [1.82, 2.24) is 10.6 Å². The predicted molar refractivity (Wildman–Crippen MR) is 132 cm³/mol. The van der Waals surface area contributed by atoms with Gasteiger partial charge in [0.1, 0.15) is 5.76 Å². The summed E-state index contributed by atoms with van der Waals surface area (Å²) in [6, 6.07) is 12.3. The SMILES string of the molecule is Clc1cccc(N2CCC(NC(=NCC3CCOC3)NCCc3ccco3)C2)c1.I. The van der Waals surface area contributed by atoms with Crippen molar-refractivity contribution in [3.05, 3.63) is 53.4 Å². The first-order valence-corrected chi connectivity index (χ1v) is 10.8. The van der Waals surface area contributed by atoms with E-state index in [1.807, 2.05) is 30.3 Å². The van der Waals surface area contributed by atoms with Crippen molar-refractivity contribution >= 4 is 47.2 Å². The summed E-state index contributed by atoms with van der Waals surface area (Å²) in [7, 11) is 0. The molecule has 2 aliphatic rings. The molecule has 30 heavy (non-hydrogen) atoms. The number of aliphatic imine (C=N–C) groups is 1. The van der Waals surface area contributed by atoms with Gasteiger partial charge in [-0.1, -0.05) is 17.7 Å². The van der Waals surface area contributed by atoms with E-state index < -0.39 is 0 Å². The Morgan fingerprint density at radius 1 is 1.23 bits per heavy atom. The number of rotatable bonds is 7. The lowest BCUT2D eigenvalue weighted by Gasteiger charge is -2.21. The Morgan fingerprint density at radius 2 is 2.17 bits per heavy atom. The molecule has 0 saturated carbocycles. The summed E-state index contributed by atoms with van der Waals surface area (Å²) in [5, 5.41) is 7.88. The van der Waals surface area contributed by atoms with Gasteiger partial charge in [-0.3, -0.25) is 4.99 Å². The van der Waals surface area contributed by atoms with Gasteiger partial charge in [0.25, 0.3) is 0 Å². The maximum atomic E-state index is 6.16. The second-order valence-electron chi connectivity index (χ2n) is 7.73. The fourth-order valence-corrected chi connectivity index (χ4v) is 4.02. The number of halogens is 2. The Morgan fingerprint density at radius 3 is 2.93 bits per heavy atom. The summed E-state index contributed by atoms with van der Waals surface area (Å²) < 4.78 is 10.9. The maximum Gasteiger partial charge on any atom is 0.191 e. The molecule has 0 bridgehead atoms. The molecule has 4 rings (SSSR count). The molecule has 2 fully saturated rings. The zero-order valence-electron chi connectivity index (χ0n) is 17.1. The van der Waals surface area contributed by atoms with Crippen LogP contribution in [0.25, 0.3) is 0 Å². The zero-order chi connectivity index (χ0) is 19.9. The van der Waals surface area contributed by atoms with Gasteiger partial charge in [0.2, 0.25) is 0 Å². The van der Waals surface area contributed by atoms with Crippen molar-refractivity contribution in [3.8, 4) is 0 Å². The van der Waals surface area contributed by atoms with Crippen LogP contribution in [0.5, 0.6) is 0 Å². The van der Waals surface area contributed by atoms with Crippen LogP contribution in [0.2, 0.25) is 5.02 Å². The first-order chi connectivity index (χ1) is 14.3. The number of ether oxygens (including phenoxy) is 1. The number of guanidine groups is 1. The maximum absolute atomic E-state index is 6.16. The molecule has 164 valence electrons. The number of hydrogen-bond donors (Lipinski definition) is 2. The Bertz CT molecular complexity index is 796. The van der Waals surface area contributed by atoms with Gasteiger partial charge in [0.15, 0.2) is 5.96 Å². The Balaban J connectivity index is 0.00000256. The summed E-state index contributed by atoms with van der Waals surface area (Å²) in [5.41, 5.74) is 1.18. The van der Waals surface area contributed by atoms with E-state index in [1.54, 1.807) is 6.26 Å². The number of anilines is 1. The van der Waals surface area contributed by atoms with Crippen molar-refractivity contribution < 1.29 is 9.15 Å². The summed E-state index contributed by atoms with van der Waals surface area (Å²) in [5.74, 6) is 2.38. The average Bonchev–Trinajstić information content (AvgIpc) is 3.49. The fraction of sp³-hybridized carbons (Fsp3) is 0.500. The third-order valence-electron chi connectivity index (χ3n) is 5.48. The van der Waals surface area contributed by atoms with Crippen LogP contribution in [0.3, 0.4) is 0 Å². The van der Waals surface area contributed by atoms with Gasteiger partial charge in [0.05, 0.1) is 12.9 Å². The molecule has 1 aromatic heterocycles. The van der Waals surface area contributed by atoms with Crippen molar-refractivity contribution in [2.75, 3.05) is 44.3 Å². The van der Waals surface area contributed by atoms with E-state index in [0.717, 1.165) is 75.4 Å². The molecule has 2 saturated heterocycles. The molecule has 2 N–H and O–H groups in total. The molecule has 0 amide bonds. The number of hydrogen-bond acceptors (Lipinski definition) is 4. The molecular weight excluding hydrogens is 515 g/mol. The van der Waals surface area contributed by atoms with Crippen LogP contribution < -0.4 is 15.5 Å². The Hall–Kier alpha value is -1.45. The van der Waals surface area contributed by atoms with Gasteiger partial charge in [0, 0.05) is 61.9 Å². The van der Waals surface area contributed by atoms with E-state index >= 15 is 0 Å². The molecule has 2 atom stereocenters. The van der Waals surface area contributed by atoms with Crippen molar-refractivity contribution in [2.24, 2.45) is 10.9 Å². The molecule has 8 heteroatoms. The number of benzene rings is 1. The molecule has 2 aromatic rings. The standard InChI is InChI=1S/C22H29ClN4O2.HI/c23-18-3-1-4-20(13-18)27-10-7-19(15-27)26-22(25-14-17-8-12-28-16-17)24-9-6-21-5-2-11-29-21;/h1-5,11,13,17,19H,6-10,12,14-16H2,(H2,24,25,26);1H. The number of furan rings is 1. The second kappa shape index (κ2) is 11.8. The Kier molecular flexibility index (Phi) is 9.14. The highest BCUT2D eigenvalue weighted by molar-refractivity contribution is 14.0. The third kappa shape index (κ3) is 6.78. The highest BCUT2D eigenvalue weighted by Crippen LogP contribution is 2.23. The fourth-order valence-electron chi connectivity index (χ4n) is 3.84. The lowest BCUT2D eigenvalue weighted by molar-refractivity contribution is 0.187. The van der Waals surface area contributed by atoms with Crippen LogP contribution in [0.4, 0.5) is 5.69 Å². The molecule has 0 aliphatic carbocycles. The minimum Gasteiger partial charge on any atom is -0.469 e. The van der Waals surface area contributed by atoms with E-state index in [4.69, 9.17) is 25.7 Å². The molecule has 0 radical (unpaired) electrons. The summed E-state index contributed by atoms with van der Waals surface area (Å²) in [4.78, 5) is 7.21. The van der Waals surface area contributed by atoms with E-state index in [0.29, 0.717) is 12.0 Å². The predicted octanol–water partition coefficient (Wildman–Crippen LogP) is 3.94. The third-order valence-corrected chi connectivity index (χ3v) is 5.71. The van der Waals surface area contributed by atoms with E-state index in [1.165, 1.54) is 5.69 Å². The number of nitrogens with zero attached hydrogens (tertiary/aromatic N) is 2. The van der Waals surface area contributed by atoms with Gasteiger partial charge in [-0.25, -0.2) is 0 Å². The van der Waals surface area contributed by atoms with Gasteiger partial charge < -0.3 is 24.7 Å². The van der Waals surface area contributed by atoms with Crippen molar-refractivity contribution in [3.63, 3.8) is 0 Å². The molecule has 6 nitrogen and oxygen atoms in total. The highest BCUT2D eigenvalue weighted by Gasteiger charge is 2.24. The van der Waals surface area contributed by atoms with Crippen LogP contribution >= 0.6 is 35.6 Å². The highest BCUT2D eigenvalue weighted by atomic mass is 127. The van der Waals surface area contributed by atoms with E-state index in [2.05, 4.69) is 21.6 Å². The lowest BCUT2D eigenvalue weighted by Crippen LogP contribution is -2.45. The quantitative estimate of drug-likeness (QED) is 0.314. The van der Waals surface area contributed by atoms with E-state index in [9.17, 15) is 0 Å². The summed E-state index contributed by atoms with van der Waals surface area (Å²) >= 11 is 6.16. The monoisotopic (exact) mass is 544 g/mol. The van der Waals surface area contributed by atoms with Crippen molar-refractivity contribution in [1.29, 1.82) is 0 Å². The van der Waals surface area contributed by atoms with Gasteiger partial charge in [-0.2, -0.15) is 0 Å². The van der Waals surface area contributed by atoms with Crippen LogP contribution in [0, 0.1) is 5.92 Å². The van der Waals surface area contributed by atoms with Crippen LogP contribution in [-0.4, -0.2) is 51.4 Å². The van der Waals surface area contributed by atoms with Crippen LogP contribution in [0.15, 0.2) is 52.1 Å². The molecule has 2 aliphatic heterocycles. The smallest absolute Gasteiger partial charge is 0.191 e. The molecule has 3 heterocycles. The Labute approximate surface area is 200 Å². The van der Waals surface area contributed by atoms with Gasteiger partial charge in [-0.05, 0) is 43.2 Å². The normalized spacial score (nSPS) is 21.5. The molecule has 0 spiro atoms. The molecule has 1 aromatic carbocycles. The lowest BCUT2D eigenvalue weighted by atomic mass is 10.1. The number of nitrogens with one attached hydrogen (secondary N) is 2. The largest absolute Gasteiger partial charge is 0.469 e. The minimum absolute atomic E-state index is 0. The van der Waals surface area contributed by atoms with Gasteiger partial charge in [-0.15, -0.1) is 24.0 Å². The second-order valence-corrected chi connectivity index (χ2v) is 8.17. The zero-order valence-corrected chi connectivity index (χ0v) is 20.1. The molecule has 2 unspecified atom stereocenters. The first kappa shape index (κ1) is 23.2. The van der Waals surface area contributed by atoms with Crippen molar-refractivity contribution in [2.45, 2.75) is 25.3 Å². The topological polar surface area (TPSA) is 62.0 Å². The van der Waals surface area contributed by atoms with Gasteiger partial charge >= 0.3 is 0 Å². The molecular formula is C22H30ClIN4O2.